The van der Waals surface area contributed by atoms with Crippen LogP contribution in [-0.4, -0.2) is 42.3 Å². The molecule has 6 heteroatoms. The minimum Gasteiger partial charge on any atom is -0.297 e. The standard InChI is InChI=1S/C14H16N2O2S2/c17-20(18)9-7-16(8-10-20)11-12-1-3-13(4-2-12)14-5-6-15-19-14/h1-6H,7-11H2. The van der Waals surface area contributed by atoms with Gasteiger partial charge in [-0.15, -0.1) is 0 Å². The average Bonchev–Trinajstić information content (AvgIpc) is 2.96. The molecule has 2 heterocycles. The van der Waals surface area contributed by atoms with Gasteiger partial charge in [0.1, 0.15) is 0 Å². The molecule has 0 amide bonds. The first-order valence-corrected chi connectivity index (χ1v) is 9.15. The van der Waals surface area contributed by atoms with E-state index in [1.54, 1.807) is 0 Å². The molecular weight excluding hydrogens is 292 g/mol. The van der Waals surface area contributed by atoms with Crippen molar-refractivity contribution in [2.75, 3.05) is 24.6 Å². The van der Waals surface area contributed by atoms with Gasteiger partial charge in [-0.25, -0.2) is 12.8 Å². The first kappa shape index (κ1) is 13.7. The van der Waals surface area contributed by atoms with Crippen LogP contribution in [0.4, 0.5) is 0 Å². The van der Waals surface area contributed by atoms with Crippen molar-refractivity contribution in [1.29, 1.82) is 0 Å². The van der Waals surface area contributed by atoms with Crippen molar-refractivity contribution in [2.45, 2.75) is 6.54 Å². The zero-order valence-corrected chi connectivity index (χ0v) is 12.7. The molecular formula is C14H16N2O2S2. The van der Waals surface area contributed by atoms with E-state index in [4.69, 9.17) is 0 Å². The third-order valence-electron chi connectivity index (χ3n) is 3.52. The van der Waals surface area contributed by atoms with Crippen molar-refractivity contribution in [3.63, 3.8) is 0 Å². The molecule has 20 heavy (non-hydrogen) atoms. The Morgan fingerprint density at radius 1 is 1.10 bits per heavy atom. The van der Waals surface area contributed by atoms with Gasteiger partial charge in [-0.3, -0.25) is 4.90 Å². The maximum Gasteiger partial charge on any atom is 0.152 e. The summed E-state index contributed by atoms with van der Waals surface area (Å²) in [5.41, 5.74) is 2.40. The Kier molecular flexibility index (Phi) is 3.87. The third kappa shape index (κ3) is 3.26. The van der Waals surface area contributed by atoms with Gasteiger partial charge in [-0.05, 0) is 28.7 Å². The second-order valence-corrected chi connectivity index (χ2v) is 8.14. The fourth-order valence-electron chi connectivity index (χ4n) is 2.31. The van der Waals surface area contributed by atoms with Crippen molar-refractivity contribution in [1.82, 2.24) is 9.27 Å². The normalized spacial score (nSPS) is 19.0. The van der Waals surface area contributed by atoms with Gasteiger partial charge in [0.15, 0.2) is 9.84 Å². The van der Waals surface area contributed by atoms with Crippen LogP contribution in [0.25, 0.3) is 10.4 Å². The van der Waals surface area contributed by atoms with Crippen LogP contribution < -0.4 is 0 Å². The molecule has 0 aliphatic carbocycles. The number of rotatable bonds is 3. The molecule has 0 spiro atoms. The summed E-state index contributed by atoms with van der Waals surface area (Å²) in [6.07, 6.45) is 1.81. The number of sulfone groups is 1. The van der Waals surface area contributed by atoms with Crippen LogP contribution in [0.15, 0.2) is 36.5 Å². The van der Waals surface area contributed by atoms with Crippen molar-refractivity contribution in [3.8, 4) is 10.4 Å². The van der Waals surface area contributed by atoms with E-state index in [0.29, 0.717) is 13.1 Å². The van der Waals surface area contributed by atoms with Gasteiger partial charge in [0.25, 0.3) is 0 Å². The summed E-state index contributed by atoms with van der Waals surface area (Å²) in [6, 6.07) is 10.4. The molecule has 1 aromatic heterocycles. The molecule has 2 aromatic rings. The second kappa shape index (κ2) is 5.63. The van der Waals surface area contributed by atoms with Gasteiger partial charge in [-0.2, -0.15) is 0 Å². The van der Waals surface area contributed by atoms with Crippen LogP contribution in [0.3, 0.4) is 0 Å². The smallest absolute Gasteiger partial charge is 0.152 e. The number of hydrogen-bond acceptors (Lipinski definition) is 5. The lowest BCUT2D eigenvalue weighted by molar-refractivity contribution is 0.287. The Balaban J connectivity index is 1.64. The highest BCUT2D eigenvalue weighted by molar-refractivity contribution is 7.91. The zero-order valence-electron chi connectivity index (χ0n) is 11.0. The van der Waals surface area contributed by atoms with Crippen LogP contribution in [0.2, 0.25) is 0 Å². The van der Waals surface area contributed by atoms with Crippen LogP contribution in [-0.2, 0) is 16.4 Å². The van der Waals surface area contributed by atoms with Crippen LogP contribution in [0, 0.1) is 0 Å². The van der Waals surface area contributed by atoms with E-state index in [1.807, 2.05) is 12.3 Å². The molecule has 0 unspecified atom stereocenters. The number of nitrogens with zero attached hydrogens (tertiary/aromatic N) is 2. The molecule has 1 aliphatic rings. The lowest BCUT2D eigenvalue weighted by atomic mass is 10.1. The summed E-state index contributed by atoms with van der Waals surface area (Å²) in [7, 11) is -2.79. The molecule has 1 saturated heterocycles. The molecule has 0 bridgehead atoms. The Labute approximate surface area is 123 Å². The summed E-state index contributed by atoms with van der Waals surface area (Å²) < 4.78 is 26.9. The Bertz CT molecular complexity index is 650. The van der Waals surface area contributed by atoms with Gasteiger partial charge in [0.05, 0.1) is 16.4 Å². The summed E-state index contributed by atoms with van der Waals surface area (Å²) in [4.78, 5) is 3.36. The van der Waals surface area contributed by atoms with E-state index >= 15 is 0 Å². The lowest BCUT2D eigenvalue weighted by Crippen LogP contribution is -2.39. The topological polar surface area (TPSA) is 50.3 Å². The molecule has 0 radical (unpaired) electrons. The van der Waals surface area contributed by atoms with E-state index in [9.17, 15) is 8.42 Å². The maximum absolute atomic E-state index is 11.4. The molecule has 0 atom stereocenters. The molecule has 3 rings (SSSR count). The van der Waals surface area contributed by atoms with E-state index < -0.39 is 9.84 Å². The molecule has 106 valence electrons. The van der Waals surface area contributed by atoms with Crippen molar-refractivity contribution in [3.05, 3.63) is 42.1 Å². The minimum absolute atomic E-state index is 0.284. The average molecular weight is 308 g/mol. The third-order valence-corrected chi connectivity index (χ3v) is 5.92. The molecule has 1 aliphatic heterocycles. The summed E-state index contributed by atoms with van der Waals surface area (Å²) in [5, 5.41) is 0. The largest absolute Gasteiger partial charge is 0.297 e. The van der Waals surface area contributed by atoms with Gasteiger partial charge >= 0.3 is 0 Å². The Morgan fingerprint density at radius 2 is 1.80 bits per heavy atom. The Hall–Kier alpha value is -1.24. The van der Waals surface area contributed by atoms with Gasteiger partial charge in [0, 0.05) is 25.8 Å². The van der Waals surface area contributed by atoms with E-state index in [1.165, 1.54) is 27.5 Å². The molecule has 1 fully saturated rings. The van der Waals surface area contributed by atoms with E-state index in [-0.39, 0.29) is 11.5 Å². The minimum atomic E-state index is -2.79. The number of hydrogen-bond donors (Lipinski definition) is 0. The number of benzene rings is 1. The fraction of sp³-hybridized carbons (Fsp3) is 0.357. The van der Waals surface area contributed by atoms with Crippen molar-refractivity contribution in [2.24, 2.45) is 0 Å². The van der Waals surface area contributed by atoms with Gasteiger partial charge < -0.3 is 0 Å². The molecule has 1 aromatic carbocycles. The SMILES string of the molecule is O=S1(=O)CCN(Cc2ccc(-c3ccns3)cc2)CC1. The summed E-state index contributed by atoms with van der Waals surface area (Å²) >= 11 is 1.49. The quantitative estimate of drug-likeness (QED) is 0.871. The Morgan fingerprint density at radius 3 is 2.40 bits per heavy atom. The predicted octanol–water partition coefficient (Wildman–Crippen LogP) is 2.04. The second-order valence-electron chi connectivity index (χ2n) is 5.00. The highest BCUT2D eigenvalue weighted by atomic mass is 32.2. The lowest BCUT2D eigenvalue weighted by Gasteiger charge is -2.26. The molecule has 0 N–H and O–H groups in total. The summed E-state index contributed by atoms with van der Waals surface area (Å²) in [6.45, 7) is 2.09. The van der Waals surface area contributed by atoms with Crippen molar-refractivity contribution < 1.29 is 8.42 Å². The van der Waals surface area contributed by atoms with Gasteiger partial charge in [-0.1, -0.05) is 24.3 Å². The molecule has 4 nitrogen and oxygen atoms in total. The molecule has 0 saturated carbocycles. The predicted molar refractivity (Wildman–Crippen MR) is 81.5 cm³/mol. The zero-order chi connectivity index (χ0) is 14.0. The highest BCUT2D eigenvalue weighted by Crippen LogP contribution is 2.23. The van der Waals surface area contributed by atoms with Gasteiger partial charge in [0.2, 0.25) is 0 Å². The van der Waals surface area contributed by atoms with Crippen LogP contribution in [0.5, 0.6) is 0 Å². The van der Waals surface area contributed by atoms with E-state index in [0.717, 1.165) is 6.54 Å². The fourth-order valence-corrected chi connectivity index (χ4v) is 4.18. The van der Waals surface area contributed by atoms with Crippen LogP contribution in [0.1, 0.15) is 5.56 Å². The highest BCUT2D eigenvalue weighted by Gasteiger charge is 2.21. The van der Waals surface area contributed by atoms with Crippen LogP contribution >= 0.6 is 11.5 Å². The maximum atomic E-state index is 11.4. The number of aromatic nitrogens is 1. The van der Waals surface area contributed by atoms with Crippen molar-refractivity contribution >= 4 is 21.4 Å². The van der Waals surface area contributed by atoms with E-state index in [2.05, 4.69) is 33.5 Å². The monoisotopic (exact) mass is 308 g/mol. The first-order valence-electron chi connectivity index (χ1n) is 6.55. The summed E-state index contributed by atoms with van der Waals surface area (Å²) in [5.74, 6) is 0.567. The first-order chi connectivity index (χ1) is 9.62.